The molecular formula is C22H28N2O4S. The van der Waals surface area contributed by atoms with E-state index >= 15 is 0 Å². The molecule has 1 aliphatic heterocycles. The van der Waals surface area contributed by atoms with Crippen LogP contribution in [0.15, 0.2) is 40.2 Å². The van der Waals surface area contributed by atoms with E-state index < -0.39 is 9.84 Å². The zero-order valence-electron chi connectivity index (χ0n) is 17.5. The zero-order chi connectivity index (χ0) is 21.4. The predicted octanol–water partition coefficient (Wildman–Crippen LogP) is 3.83. The normalized spacial score (nSPS) is 16.0. The maximum Gasteiger partial charge on any atom is 0.207 e. The summed E-state index contributed by atoms with van der Waals surface area (Å²) in [7, 11) is -3.87. The van der Waals surface area contributed by atoms with Crippen molar-refractivity contribution in [2.75, 3.05) is 13.2 Å². The van der Waals surface area contributed by atoms with Crippen LogP contribution in [0.1, 0.15) is 46.4 Å². The molecule has 1 aromatic heterocycles. The second-order valence-corrected chi connectivity index (χ2v) is 10.6. The molecule has 0 atom stereocenters. The van der Waals surface area contributed by atoms with Crippen LogP contribution in [0.5, 0.6) is 0 Å². The smallest absolute Gasteiger partial charge is 0.207 e. The Balaban J connectivity index is 2.10. The number of nitrogens with zero attached hydrogens (tertiary/aromatic N) is 2. The molecule has 0 radical (unpaired) electrons. The number of hydrogen-bond donors (Lipinski definition) is 0. The van der Waals surface area contributed by atoms with Crippen LogP contribution in [-0.4, -0.2) is 37.1 Å². The Morgan fingerprint density at radius 1 is 1.31 bits per heavy atom. The quantitative estimate of drug-likeness (QED) is 0.547. The minimum atomic E-state index is -3.87. The summed E-state index contributed by atoms with van der Waals surface area (Å²) >= 11 is 0. The first-order chi connectivity index (χ1) is 13.6. The third-order valence-electron chi connectivity index (χ3n) is 5.38. The fourth-order valence-corrected chi connectivity index (χ4v) is 4.87. The van der Waals surface area contributed by atoms with Crippen molar-refractivity contribution in [3.8, 4) is 0 Å². The highest BCUT2D eigenvalue weighted by molar-refractivity contribution is 7.95. The Labute approximate surface area is 172 Å². The van der Waals surface area contributed by atoms with Gasteiger partial charge in [-0.25, -0.2) is 18.2 Å². The molecule has 2 aromatic rings. The molecule has 0 bridgehead atoms. The van der Waals surface area contributed by atoms with E-state index in [-0.39, 0.29) is 20.8 Å². The van der Waals surface area contributed by atoms with Crippen molar-refractivity contribution in [1.29, 1.82) is 0 Å². The molecule has 0 saturated carbocycles. The van der Waals surface area contributed by atoms with Gasteiger partial charge in [0.15, 0.2) is 0 Å². The van der Waals surface area contributed by atoms with Crippen LogP contribution in [0.25, 0.3) is 11.0 Å². The van der Waals surface area contributed by atoms with Crippen molar-refractivity contribution in [1.82, 2.24) is 9.55 Å². The van der Waals surface area contributed by atoms with E-state index in [1.165, 1.54) is 6.92 Å². The highest BCUT2D eigenvalue weighted by Gasteiger charge is 2.27. The summed E-state index contributed by atoms with van der Waals surface area (Å²) in [4.78, 5) is 15.5. The molecule has 1 aromatic carbocycles. The van der Waals surface area contributed by atoms with Crippen LogP contribution in [0, 0.1) is 5.92 Å². The van der Waals surface area contributed by atoms with E-state index in [1.54, 1.807) is 24.1 Å². The number of imidazole rings is 1. The SMILES string of the molecule is C=C(C(C)=C=O)S(=O)(=O)c1ccc2c(c1)nc(C(C)(C)C)n2CC1CCOCC1. The first-order valence-electron chi connectivity index (χ1n) is 9.80. The fourth-order valence-electron chi connectivity index (χ4n) is 3.62. The molecule has 0 spiro atoms. The van der Waals surface area contributed by atoms with Crippen LogP contribution in [-0.2, 0) is 31.3 Å². The number of benzene rings is 1. The highest BCUT2D eigenvalue weighted by Crippen LogP contribution is 2.31. The van der Waals surface area contributed by atoms with Gasteiger partial charge in [0.05, 0.1) is 26.4 Å². The number of sulfone groups is 1. The fraction of sp³-hybridized carbons (Fsp3) is 0.500. The van der Waals surface area contributed by atoms with Gasteiger partial charge in [-0.2, -0.15) is 0 Å². The maximum atomic E-state index is 12.8. The van der Waals surface area contributed by atoms with Gasteiger partial charge in [0.2, 0.25) is 9.84 Å². The standard InChI is InChI=1S/C22H28N2O4S/c1-15(14-25)16(2)29(26,27)18-6-7-20-19(12-18)23-21(22(3,4)5)24(20)13-17-8-10-28-11-9-17/h6-7,12,17H,2,8-11,13H2,1,3-5H3. The lowest BCUT2D eigenvalue weighted by molar-refractivity contribution is 0.0611. The molecule has 1 saturated heterocycles. The van der Waals surface area contributed by atoms with Crippen LogP contribution in [0.2, 0.25) is 0 Å². The zero-order valence-corrected chi connectivity index (χ0v) is 18.3. The lowest BCUT2D eigenvalue weighted by Crippen LogP contribution is -2.25. The summed E-state index contributed by atoms with van der Waals surface area (Å²) in [5.74, 6) is 3.05. The van der Waals surface area contributed by atoms with E-state index in [2.05, 4.69) is 31.9 Å². The summed E-state index contributed by atoms with van der Waals surface area (Å²) < 4.78 is 33.4. The van der Waals surface area contributed by atoms with Crippen LogP contribution in [0.4, 0.5) is 0 Å². The Morgan fingerprint density at radius 3 is 2.55 bits per heavy atom. The molecule has 1 aliphatic rings. The van der Waals surface area contributed by atoms with Crippen molar-refractivity contribution >= 4 is 26.8 Å². The number of fused-ring (bicyclic) bond motifs is 1. The first-order valence-corrected chi connectivity index (χ1v) is 11.3. The third kappa shape index (κ3) is 4.22. The Hall–Kier alpha value is -2.21. The predicted molar refractivity (Wildman–Crippen MR) is 113 cm³/mol. The second kappa shape index (κ2) is 7.90. The lowest BCUT2D eigenvalue weighted by Gasteiger charge is -2.26. The molecule has 29 heavy (non-hydrogen) atoms. The van der Waals surface area contributed by atoms with E-state index in [0.29, 0.717) is 11.4 Å². The lowest BCUT2D eigenvalue weighted by atomic mass is 9.94. The van der Waals surface area contributed by atoms with Gasteiger partial charge in [0.25, 0.3) is 0 Å². The summed E-state index contributed by atoms with van der Waals surface area (Å²) in [6.07, 6.45) is 2.01. The van der Waals surface area contributed by atoms with Crippen molar-refractivity contribution in [3.05, 3.63) is 41.1 Å². The van der Waals surface area contributed by atoms with Crippen LogP contribution < -0.4 is 0 Å². The van der Waals surface area contributed by atoms with Gasteiger partial charge in [0.1, 0.15) is 11.8 Å². The molecule has 1 fully saturated rings. The monoisotopic (exact) mass is 416 g/mol. The summed E-state index contributed by atoms with van der Waals surface area (Å²) in [6, 6.07) is 4.94. The minimum absolute atomic E-state index is 0.0227. The molecule has 0 aliphatic carbocycles. The Kier molecular flexibility index (Phi) is 5.86. The Bertz CT molecular complexity index is 1090. The summed E-state index contributed by atoms with van der Waals surface area (Å²) in [5.41, 5.74) is 1.33. The maximum absolute atomic E-state index is 12.8. The van der Waals surface area contributed by atoms with Gasteiger partial charge in [-0.05, 0) is 43.9 Å². The number of aromatic nitrogens is 2. The molecular weight excluding hydrogens is 388 g/mol. The minimum Gasteiger partial charge on any atom is -0.381 e. The molecule has 3 rings (SSSR count). The third-order valence-corrected chi connectivity index (χ3v) is 7.21. The van der Waals surface area contributed by atoms with Crippen LogP contribution in [0.3, 0.4) is 0 Å². The average molecular weight is 417 g/mol. The van der Waals surface area contributed by atoms with Gasteiger partial charge < -0.3 is 9.30 Å². The second-order valence-electron chi connectivity index (χ2n) is 8.66. The molecule has 0 amide bonds. The average Bonchev–Trinajstić information content (AvgIpc) is 3.05. The van der Waals surface area contributed by atoms with Gasteiger partial charge >= 0.3 is 0 Å². The van der Waals surface area contributed by atoms with Crippen molar-refractivity contribution < 1.29 is 17.9 Å². The molecule has 7 heteroatoms. The van der Waals surface area contributed by atoms with Gasteiger partial charge in [-0.1, -0.05) is 27.4 Å². The summed E-state index contributed by atoms with van der Waals surface area (Å²) in [6.45, 7) is 13.7. The number of rotatable bonds is 5. The van der Waals surface area contributed by atoms with E-state index in [9.17, 15) is 13.2 Å². The number of carbonyl (C=O) groups excluding carboxylic acids is 1. The van der Waals surface area contributed by atoms with Gasteiger partial charge in [-0.3, -0.25) is 0 Å². The highest BCUT2D eigenvalue weighted by atomic mass is 32.2. The molecule has 0 unspecified atom stereocenters. The number of hydrogen-bond acceptors (Lipinski definition) is 5. The van der Waals surface area contributed by atoms with E-state index in [0.717, 1.165) is 43.9 Å². The molecule has 156 valence electrons. The summed E-state index contributed by atoms with van der Waals surface area (Å²) in [5, 5.41) is 0. The molecule has 2 heterocycles. The van der Waals surface area contributed by atoms with Crippen molar-refractivity contribution in [2.45, 2.75) is 57.4 Å². The Morgan fingerprint density at radius 2 is 1.97 bits per heavy atom. The first kappa shape index (κ1) is 21.5. The topological polar surface area (TPSA) is 78.3 Å². The molecule has 6 nitrogen and oxygen atoms in total. The number of allylic oxidation sites excluding steroid dienone is 1. The van der Waals surface area contributed by atoms with E-state index in [1.807, 2.05) is 0 Å². The van der Waals surface area contributed by atoms with Crippen molar-refractivity contribution in [2.24, 2.45) is 5.92 Å². The van der Waals surface area contributed by atoms with Gasteiger partial charge in [-0.15, -0.1) is 0 Å². The largest absolute Gasteiger partial charge is 0.381 e. The van der Waals surface area contributed by atoms with E-state index in [4.69, 9.17) is 9.72 Å². The van der Waals surface area contributed by atoms with Crippen molar-refractivity contribution in [3.63, 3.8) is 0 Å². The molecule has 0 N–H and O–H groups in total. The van der Waals surface area contributed by atoms with Gasteiger partial charge in [0, 0.05) is 25.2 Å². The number of ether oxygens (including phenoxy) is 1. The van der Waals surface area contributed by atoms with Crippen LogP contribution >= 0.6 is 0 Å².